The maximum atomic E-state index is 12.1. The van der Waals surface area contributed by atoms with E-state index in [-0.39, 0.29) is 31.4 Å². The highest BCUT2D eigenvalue weighted by Gasteiger charge is 2.13. The Bertz CT molecular complexity index is 669. The number of imidazole rings is 1. The van der Waals surface area contributed by atoms with Crippen LogP contribution in [0.15, 0.2) is 24.3 Å². The minimum atomic E-state index is -0.337. The summed E-state index contributed by atoms with van der Waals surface area (Å²) in [7, 11) is 1.33. The molecule has 0 saturated heterocycles. The van der Waals surface area contributed by atoms with Gasteiger partial charge in [0.05, 0.1) is 30.3 Å². The van der Waals surface area contributed by atoms with Gasteiger partial charge in [0.2, 0.25) is 5.91 Å². The number of benzene rings is 1. The van der Waals surface area contributed by atoms with Crippen molar-refractivity contribution >= 4 is 34.7 Å². The molecule has 6 nitrogen and oxygen atoms in total. The molecule has 1 amide bonds. The Labute approximate surface area is 133 Å². The number of carbonyl (C=O) groups excluding carboxylic acids is 2. The van der Waals surface area contributed by atoms with Crippen molar-refractivity contribution in [1.82, 2.24) is 14.9 Å². The van der Waals surface area contributed by atoms with E-state index in [0.29, 0.717) is 0 Å². The van der Waals surface area contributed by atoms with Gasteiger partial charge < -0.3 is 14.6 Å². The standard InChI is InChI=1S/C15H19N3O3S/c1-21-15(20)7-8-16-14(19)9-18-12-6-4-3-5-11(12)17-13(18)10-22-2/h3-6H,7-10H2,1-2H3,(H,16,19). The Morgan fingerprint density at radius 1 is 1.36 bits per heavy atom. The van der Waals surface area contributed by atoms with Gasteiger partial charge in [0.25, 0.3) is 0 Å². The van der Waals surface area contributed by atoms with E-state index in [2.05, 4.69) is 15.0 Å². The third-order valence-electron chi connectivity index (χ3n) is 3.19. The number of methoxy groups -OCH3 is 1. The highest BCUT2D eigenvalue weighted by Crippen LogP contribution is 2.18. The molecule has 2 aromatic rings. The van der Waals surface area contributed by atoms with Crippen LogP contribution in [0.2, 0.25) is 0 Å². The molecule has 0 bridgehead atoms. The quantitative estimate of drug-likeness (QED) is 0.784. The summed E-state index contributed by atoms with van der Waals surface area (Å²) >= 11 is 1.66. The molecule has 0 aliphatic carbocycles. The van der Waals surface area contributed by atoms with E-state index < -0.39 is 0 Å². The number of nitrogens with one attached hydrogen (secondary N) is 1. The molecule has 0 unspecified atom stereocenters. The summed E-state index contributed by atoms with van der Waals surface area (Å²) < 4.78 is 6.45. The first-order valence-electron chi connectivity index (χ1n) is 6.92. The van der Waals surface area contributed by atoms with E-state index in [4.69, 9.17) is 0 Å². The summed E-state index contributed by atoms with van der Waals surface area (Å²) in [5.41, 5.74) is 1.82. The van der Waals surface area contributed by atoms with Gasteiger partial charge in [-0.3, -0.25) is 9.59 Å². The number of nitrogens with zero attached hydrogens (tertiary/aromatic N) is 2. The van der Waals surface area contributed by atoms with E-state index in [1.165, 1.54) is 7.11 Å². The van der Waals surface area contributed by atoms with Crippen molar-refractivity contribution in [2.45, 2.75) is 18.7 Å². The van der Waals surface area contributed by atoms with Crippen LogP contribution in [0.5, 0.6) is 0 Å². The lowest BCUT2D eigenvalue weighted by molar-refractivity contribution is -0.140. The Hall–Kier alpha value is -2.02. The zero-order valence-corrected chi connectivity index (χ0v) is 13.5. The predicted molar refractivity (Wildman–Crippen MR) is 86.6 cm³/mol. The summed E-state index contributed by atoms with van der Waals surface area (Å²) in [4.78, 5) is 27.7. The van der Waals surface area contributed by atoms with Crippen LogP contribution in [-0.4, -0.2) is 41.3 Å². The second-order valence-electron chi connectivity index (χ2n) is 4.71. The van der Waals surface area contributed by atoms with Crippen LogP contribution in [0, 0.1) is 0 Å². The Morgan fingerprint density at radius 3 is 2.86 bits per heavy atom. The number of fused-ring (bicyclic) bond motifs is 1. The van der Waals surface area contributed by atoms with E-state index in [0.717, 1.165) is 22.6 Å². The molecule has 0 saturated carbocycles. The van der Waals surface area contributed by atoms with Gasteiger partial charge in [-0.15, -0.1) is 0 Å². The number of amides is 1. The van der Waals surface area contributed by atoms with E-state index in [1.54, 1.807) is 11.8 Å². The molecule has 1 N–H and O–H groups in total. The summed E-state index contributed by atoms with van der Waals surface area (Å²) in [6.07, 6.45) is 2.17. The average Bonchev–Trinajstić information content (AvgIpc) is 2.85. The largest absolute Gasteiger partial charge is 0.469 e. The molecule has 0 spiro atoms. The van der Waals surface area contributed by atoms with Crippen LogP contribution in [-0.2, 0) is 26.6 Å². The van der Waals surface area contributed by atoms with Crippen molar-refractivity contribution in [2.75, 3.05) is 19.9 Å². The van der Waals surface area contributed by atoms with Crippen LogP contribution in [0.1, 0.15) is 12.2 Å². The van der Waals surface area contributed by atoms with Gasteiger partial charge in [-0.25, -0.2) is 4.98 Å². The molecule has 7 heteroatoms. The molecule has 22 heavy (non-hydrogen) atoms. The molecule has 1 aromatic carbocycles. The number of hydrogen-bond acceptors (Lipinski definition) is 5. The van der Waals surface area contributed by atoms with Crippen LogP contribution in [0.3, 0.4) is 0 Å². The molecule has 1 aromatic heterocycles. The smallest absolute Gasteiger partial charge is 0.307 e. The lowest BCUT2D eigenvalue weighted by atomic mass is 10.3. The SMILES string of the molecule is COC(=O)CCNC(=O)Cn1c(CSC)nc2ccccc21. The molecular formula is C15H19N3O3S. The number of thioether (sulfide) groups is 1. The second-order valence-corrected chi connectivity index (χ2v) is 5.58. The van der Waals surface area contributed by atoms with Crippen molar-refractivity contribution in [3.05, 3.63) is 30.1 Å². The molecule has 0 aliphatic heterocycles. The van der Waals surface area contributed by atoms with Crippen molar-refractivity contribution in [2.24, 2.45) is 0 Å². The lowest BCUT2D eigenvalue weighted by Crippen LogP contribution is -2.30. The number of ether oxygens (including phenoxy) is 1. The molecule has 2 rings (SSSR count). The fraction of sp³-hybridized carbons (Fsp3) is 0.400. The summed E-state index contributed by atoms with van der Waals surface area (Å²) in [6.45, 7) is 0.466. The van der Waals surface area contributed by atoms with Crippen molar-refractivity contribution < 1.29 is 14.3 Å². The van der Waals surface area contributed by atoms with Gasteiger partial charge in [-0.1, -0.05) is 12.1 Å². The normalized spacial score (nSPS) is 10.6. The fourth-order valence-corrected chi connectivity index (χ4v) is 2.63. The van der Waals surface area contributed by atoms with Gasteiger partial charge in [0, 0.05) is 6.54 Å². The zero-order valence-electron chi connectivity index (χ0n) is 12.7. The van der Waals surface area contributed by atoms with Crippen LogP contribution in [0.4, 0.5) is 0 Å². The molecule has 0 aliphatic rings. The van der Waals surface area contributed by atoms with E-state index >= 15 is 0 Å². The predicted octanol–water partition coefficient (Wildman–Crippen LogP) is 1.58. The highest BCUT2D eigenvalue weighted by atomic mass is 32.2. The Balaban J connectivity index is 2.07. The number of rotatable bonds is 7. The summed E-state index contributed by atoms with van der Waals surface area (Å²) in [5.74, 6) is 1.13. The topological polar surface area (TPSA) is 73.2 Å². The molecule has 0 radical (unpaired) electrons. The minimum absolute atomic E-state index is 0.144. The van der Waals surface area contributed by atoms with Gasteiger partial charge in [0.15, 0.2) is 0 Å². The average molecular weight is 321 g/mol. The first-order valence-corrected chi connectivity index (χ1v) is 8.31. The molecule has 0 fully saturated rings. The van der Waals surface area contributed by atoms with E-state index in [1.807, 2.05) is 35.1 Å². The monoisotopic (exact) mass is 321 g/mol. The van der Waals surface area contributed by atoms with Crippen molar-refractivity contribution in [3.63, 3.8) is 0 Å². The summed E-state index contributed by atoms with van der Waals surface area (Å²) in [5, 5.41) is 2.73. The number of para-hydroxylation sites is 2. The van der Waals surface area contributed by atoms with Gasteiger partial charge in [-0.05, 0) is 18.4 Å². The molecule has 0 atom stereocenters. The molecule has 118 valence electrons. The number of hydrogen-bond donors (Lipinski definition) is 1. The van der Waals surface area contributed by atoms with E-state index in [9.17, 15) is 9.59 Å². The fourth-order valence-electron chi connectivity index (χ4n) is 2.15. The van der Waals surface area contributed by atoms with Crippen LogP contribution < -0.4 is 5.32 Å². The van der Waals surface area contributed by atoms with Gasteiger partial charge in [0.1, 0.15) is 12.4 Å². The minimum Gasteiger partial charge on any atom is -0.469 e. The van der Waals surface area contributed by atoms with Crippen molar-refractivity contribution in [1.29, 1.82) is 0 Å². The summed E-state index contributed by atoms with van der Waals surface area (Å²) in [6, 6.07) is 7.75. The Morgan fingerprint density at radius 2 is 2.14 bits per heavy atom. The highest BCUT2D eigenvalue weighted by molar-refractivity contribution is 7.97. The van der Waals surface area contributed by atoms with Gasteiger partial charge in [-0.2, -0.15) is 11.8 Å². The first kappa shape index (κ1) is 16.4. The first-order chi connectivity index (χ1) is 10.7. The van der Waals surface area contributed by atoms with Crippen LogP contribution >= 0.6 is 11.8 Å². The zero-order chi connectivity index (χ0) is 15.9. The molecule has 1 heterocycles. The third kappa shape index (κ3) is 4.00. The molecular weight excluding hydrogens is 302 g/mol. The maximum Gasteiger partial charge on any atom is 0.307 e. The lowest BCUT2D eigenvalue weighted by Gasteiger charge is -2.09. The number of aromatic nitrogens is 2. The number of esters is 1. The van der Waals surface area contributed by atoms with Crippen LogP contribution in [0.25, 0.3) is 11.0 Å². The third-order valence-corrected chi connectivity index (χ3v) is 3.73. The van der Waals surface area contributed by atoms with Crippen molar-refractivity contribution in [3.8, 4) is 0 Å². The second kappa shape index (κ2) is 7.84. The maximum absolute atomic E-state index is 12.1. The Kier molecular flexibility index (Phi) is 5.83. The van der Waals surface area contributed by atoms with Gasteiger partial charge >= 0.3 is 5.97 Å². The number of carbonyl (C=O) groups is 2.